The number of carbonyl (C=O) groups is 1. The van der Waals surface area contributed by atoms with E-state index in [9.17, 15) is 18.7 Å². The molecule has 1 fully saturated rings. The zero-order valence-electron chi connectivity index (χ0n) is 24.7. The highest BCUT2D eigenvalue weighted by molar-refractivity contribution is 7.98. The van der Waals surface area contributed by atoms with Gasteiger partial charge >= 0.3 is 0 Å². The normalized spacial score (nSPS) is 16.8. The Balaban J connectivity index is 1.70. The third-order valence-electron chi connectivity index (χ3n) is 7.63. The van der Waals surface area contributed by atoms with E-state index in [0.29, 0.717) is 18.5 Å². The standard InChI is InChI=1S/C32H47F2N3O3S/c1-4-14-40-28-9-12-37(13-10-28)30(11-15-41-3)32(39)36-29(19-25-17-26(33)20-27(34)18-25)31(38)22-35-21-24-8-6-7-23(5-2)16-24/h6-8,16-18,20,28-31,35,38H,4-5,9-15,19,21-22H2,1-3H3,(H,36,39)/t29-,30-,31-/m0/s1. The molecule has 0 aromatic heterocycles. The lowest BCUT2D eigenvalue weighted by atomic mass is 9.99. The molecule has 0 unspecified atom stereocenters. The summed E-state index contributed by atoms with van der Waals surface area (Å²) in [7, 11) is 0. The van der Waals surface area contributed by atoms with E-state index < -0.39 is 23.8 Å². The summed E-state index contributed by atoms with van der Waals surface area (Å²) >= 11 is 1.69. The molecule has 1 heterocycles. The third-order valence-corrected chi connectivity index (χ3v) is 8.27. The molecule has 0 spiro atoms. The Labute approximate surface area is 248 Å². The van der Waals surface area contributed by atoms with Crippen molar-refractivity contribution < 1.29 is 23.4 Å². The van der Waals surface area contributed by atoms with Crippen LogP contribution < -0.4 is 10.6 Å². The Hall–Kier alpha value is -2.04. The topological polar surface area (TPSA) is 73.8 Å². The first-order valence-electron chi connectivity index (χ1n) is 14.9. The Morgan fingerprint density at radius 2 is 1.80 bits per heavy atom. The van der Waals surface area contributed by atoms with E-state index in [1.807, 2.05) is 18.4 Å². The number of nitrogens with zero attached hydrogens (tertiary/aromatic N) is 1. The molecule has 1 aliphatic rings. The van der Waals surface area contributed by atoms with Gasteiger partial charge in [-0.15, -0.1) is 0 Å². The van der Waals surface area contributed by atoms with Crippen LogP contribution in [-0.2, 0) is 28.9 Å². The van der Waals surface area contributed by atoms with Crippen molar-refractivity contribution in [2.45, 2.75) is 83.2 Å². The van der Waals surface area contributed by atoms with Gasteiger partial charge in [0.1, 0.15) is 11.6 Å². The van der Waals surface area contributed by atoms with Crippen molar-refractivity contribution in [1.29, 1.82) is 0 Å². The maximum absolute atomic E-state index is 14.0. The second-order valence-corrected chi connectivity index (χ2v) is 11.9. The lowest BCUT2D eigenvalue weighted by molar-refractivity contribution is -0.129. The van der Waals surface area contributed by atoms with Crippen molar-refractivity contribution in [1.82, 2.24) is 15.5 Å². The van der Waals surface area contributed by atoms with E-state index in [0.717, 1.165) is 62.8 Å². The molecule has 3 rings (SSSR count). The molecule has 228 valence electrons. The molecular weight excluding hydrogens is 544 g/mol. The predicted molar refractivity (Wildman–Crippen MR) is 163 cm³/mol. The van der Waals surface area contributed by atoms with Crippen molar-refractivity contribution in [2.75, 3.05) is 38.2 Å². The number of nitrogens with one attached hydrogen (secondary N) is 2. The third kappa shape index (κ3) is 11.3. The lowest BCUT2D eigenvalue weighted by Gasteiger charge is -2.37. The highest BCUT2D eigenvalue weighted by Gasteiger charge is 2.32. The average molecular weight is 592 g/mol. The molecule has 0 aliphatic carbocycles. The molecule has 0 radical (unpaired) electrons. The van der Waals surface area contributed by atoms with Crippen LogP contribution >= 0.6 is 11.8 Å². The van der Waals surface area contributed by atoms with E-state index in [1.54, 1.807) is 11.8 Å². The fraction of sp³-hybridized carbons (Fsp3) is 0.594. The molecule has 3 atom stereocenters. The van der Waals surface area contributed by atoms with Crippen LogP contribution in [0.4, 0.5) is 8.78 Å². The largest absolute Gasteiger partial charge is 0.390 e. The van der Waals surface area contributed by atoms with Crippen LogP contribution in [0, 0.1) is 11.6 Å². The number of aliphatic hydroxyl groups is 1. The average Bonchev–Trinajstić information content (AvgIpc) is 2.96. The van der Waals surface area contributed by atoms with Crippen molar-refractivity contribution in [3.63, 3.8) is 0 Å². The Morgan fingerprint density at radius 1 is 1.10 bits per heavy atom. The number of aliphatic hydroxyl groups excluding tert-OH is 1. The van der Waals surface area contributed by atoms with Gasteiger partial charge in [-0.1, -0.05) is 38.1 Å². The number of ether oxygens (including phenoxy) is 1. The van der Waals surface area contributed by atoms with Gasteiger partial charge < -0.3 is 20.5 Å². The summed E-state index contributed by atoms with van der Waals surface area (Å²) in [6.45, 7) is 7.26. The van der Waals surface area contributed by atoms with Crippen molar-refractivity contribution in [3.8, 4) is 0 Å². The fourth-order valence-corrected chi connectivity index (χ4v) is 5.82. The van der Waals surface area contributed by atoms with Crippen molar-refractivity contribution in [2.24, 2.45) is 0 Å². The minimum Gasteiger partial charge on any atom is -0.390 e. The number of amides is 1. The Kier molecular flexibility index (Phi) is 14.5. The summed E-state index contributed by atoms with van der Waals surface area (Å²) in [6, 6.07) is 10.5. The summed E-state index contributed by atoms with van der Waals surface area (Å²) in [5, 5.41) is 17.6. The van der Waals surface area contributed by atoms with Gasteiger partial charge in [-0.2, -0.15) is 11.8 Å². The van der Waals surface area contributed by atoms with Crippen LogP contribution in [0.5, 0.6) is 0 Å². The summed E-state index contributed by atoms with van der Waals surface area (Å²) < 4.78 is 33.9. The number of likely N-dealkylation sites (tertiary alicyclic amines) is 1. The molecule has 1 saturated heterocycles. The molecule has 2 aromatic carbocycles. The summed E-state index contributed by atoms with van der Waals surface area (Å²) in [4.78, 5) is 15.9. The second-order valence-electron chi connectivity index (χ2n) is 10.9. The number of carbonyl (C=O) groups excluding carboxylic acids is 1. The fourth-order valence-electron chi connectivity index (χ4n) is 5.36. The number of rotatable bonds is 17. The highest BCUT2D eigenvalue weighted by Crippen LogP contribution is 2.20. The van der Waals surface area contributed by atoms with Crippen molar-refractivity contribution >= 4 is 17.7 Å². The SMILES string of the molecule is CCCOC1CCN([C@@H](CCSC)C(=O)N[C@@H](Cc2cc(F)cc(F)c2)[C@@H](O)CNCc2cccc(CC)c2)CC1. The minimum atomic E-state index is -0.964. The minimum absolute atomic E-state index is 0.108. The molecule has 1 aliphatic heterocycles. The van der Waals surface area contributed by atoms with Crippen LogP contribution in [0.15, 0.2) is 42.5 Å². The van der Waals surface area contributed by atoms with Gasteiger partial charge in [0, 0.05) is 38.9 Å². The van der Waals surface area contributed by atoms with Gasteiger partial charge in [-0.3, -0.25) is 9.69 Å². The zero-order chi connectivity index (χ0) is 29.6. The molecule has 3 N–H and O–H groups in total. The quantitative estimate of drug-likeness (QED) is 0.247. The van der Waals surface area contributed by atoms with E-state index >= 15 is 0 Å². The Morgan fingerprint density at radius 3 is 2.46 bits per heavy atom. The molecule has 0 bridgehead atoms. The monoisotopic (exact) mass is 591 g/mol. The number of thioether (sulfide) groups is 1. The number of piperidine rings is 1. The molecular formula is C32H47F2N3O3S. The van der Waals surface area contributed by atoms with Gasteiger partial charge in [0.15, 0.2) is 0 Å². The molecule has 2 aromatic rings. The first kappa shape index (κ1) is 33.5. The maximum Gasteiger partial charge on any atom is 0.237 e. The van der Waals surface area contributed by atoms with E-state index in [4.69, 9.17) is 4.74 Å². The van der Waals surface area contributed by atoms with Crippen LogP contribution in [0.1, 0.15) is 56.2 Å². The van der Waals surface area contributed by atoms with Gasteiger partial charge in [0.05, 0.1) is 24.3 Å². The van der Waals surface area contributed by atoms with E-state index in [2.05, 4.69) is 41.5 Å². The van der Waals surface area contributed by atoms with Crippen LogP contribution in [0.25, 0.3) is 0 Å². The van der Waals surface area contributed by atoms with Crippen LogP contribution in [0.2, 0.25) is 0 Å². The number of aryl methyl sites for hydroxylation is 1. The van der Waals surface area contributed by atoms with Gasteiger partial charge in [0.25, 0.3) is 0 Å². The van der Waals surface area contributed by atoms with Crippen molar-refractivity contribution in [3.05, 3.63) is 70.8 Å². The molecule has 41 heavy (non-hydrogen) atoms. The first-order chi connectivity index (χ1) is 19.8. The van der Waals surface area contributed by atoms with Gasteiger partial charge in [-0.25, -0.2) is 8.78 Å². The van der Waals surface area contributed by atoms with Crippen LogP contribution in [0.3, 0.4) is 0 Å². The number of benzene rings is 2. The summed E-state index contributed by atoms with van der Waals surface area (Å²) in [5.74, 6) is -0.701. The summed E-state index contributed by atoms with van der Waals surface area (Å²) in [6.07, 6.45) is 5.74. The predicted octanol–water partition coefficient (Wildman–Crippen LogP) is 4.72. The van der Waals surface area contributed by atoms with E-state index in [-0.39, 0.29) is 31.0 Å². The molecule has 1 amide bonds. The smallest absolute Gasteiger partial charge is 0.237 e. The first-order valence-corrected chi connectivity index (χ1v) is 16.3. The Bertz CT molecular complexity index is 1050. The molecule has 0 saturated carbocycles. The van der Waals surface area contributed by atoms with E-state index in [1.165, 1.54) is 17.7 Å². The maximum atomic E-state index is 14.0. The van der Waals surface area contributed by atoms with Crippen LogP contribution in [-0.4, -0.2) is 78.5 Å². The molecule has 9 heteroatoms. The number of halogens is 2. The second kappa shape index (κ2) is 17.8. The summed E-state index contributed by atoms with van der Waals surface area (Å²) in [5.41, 5.74) is 2.73. The lowest BCUT2D eigenvalue weighted by Crippen LogP contribution is -2.56. The number of hydrogen-bond donors (Lipinski definition) is 3. The van der Waals surface area contributed by atoms with Gasteiger partial charge in [-0.05, 0) is 79.4 Å². The van der Waals surface area contributed by atoms with Gasteiger partial charge in [0.2, 0.25) is 5.91 Å². The zero-order valence-corrected chi connectivity index (χ0v) is 25.5. The highest BCUT2D eigenvalue weighted by atomic mass is 32.2. The number of hydrogen-bond acceptors (Lipinski definition) is 6. The molecule has 6 nitrogen and oxygen atoms in total.